The smallest absolute Gasteiger partial charge is 0.315 e. The minimum atomic E-state index is -1.04. The van der Waals surface area contributed by atoms with Crippen LogP contribution < -0.4 is 9.47 Å². The molecule has 0 aliphatic carbocycles. The quantitative estimate of drug-likeness (QED) is 0.322. The first-order valence-electron chi connectivity index (χ1n) is 7.38. The summed E-state index contributed by atoms with van der Waals surface area (Å²) in [7, 11) is 0. The lowest BCUT2D eigenvalue weighted by molar-refractivity contribution is -0.385. The molecule has 3 aromatic carbocycles. The molecule has 0 atom stereocenters. The van der Waals surface area contributed by atoms with Crippen LogP contribution in [0.25, 0.3) is 0 Å². The van der Waals surface area contributed by atoms with Crippen LogP contribution in [0.15, 0.2) is 54.6 Å². The van der Waals surface area contributed by atoms with Crippen LogP contribution in [0, 0.1) is 33.4 Å². The van der Waals surface area contributed by atoms with Gasteiger partial charge in [-0.25, -0.2) is 17.6 Å². The maximum absolute atomic E-state index is 13.7. The highest BCUT2D eigenvalue weighted by molar-refractivity contribution is 5.53. The zero-order valence-electron chi connectivity index (χ0n) is 13.3. The molecule has 138 valence electrons. The van der Waals surface area contributed by atoms with Gasteiger partial charge in [0.25, 0.3) is 0 Å². The fraction of sp³-hybridized carbons (Fsp3) is 0. The van der Waals surface area contributed by atoms with E-state index in [2.05, 4.69) is 0 Å². The minimum Gasteiger partial charge on any atom is -0.454 e. The Balaban J connectivity index is 1.91. The van der Waals surface area contributed by atoms with Gasteiger partial charge in [-0.1, -0.05) is 0 Å². The predicted octanol–water partition coefficient (Wildman–Crippen LogP) is 5.74. The van der Waals surface area contributed by atoms with Crippen LogP contribution in [0.4, 0.5) is 23.2 Å². The number of benzene rings is 3. The number of halogens is 4. The van der Waals surface area contributed by atoms with Crippen molar-refractivity contribution in [1.29, 1.82) is 0 Å². The molecule has 0 aliphatic heterocycles. The third kappa shape index (κ3) is 4.14. The van der Waals surface area contributed by atoms with Gasteiger partial charge in [0.2, 0.25) is 5.75 Å². The lowest BCUT2D eigenvalue weighted by Crippen LogP contribution is -1.97. The number of hydrogen-bond acceptors (Lipinski definition) is 4. The van der Waals surface area contributed by atoms with E-state index in [0.29, 0.717) is 12.1 Å². The van der Waals surface area contributed by atoms with Crippen LogP contribution >= 0.6 is 0 Å². The minimum absolute atomic E-state index is 0.126. The summed E-state index contributed by atoms with van der Waals surface area (Å²) in [5, 5.41) is 11.3. The second-order valence-corrected chi connectivity index (χ2v) is 5.24. The first-order valence-corrected chi connectivity index (χ1v) is 7.38. The van der Waals surface area contributed by atoms with Gasteiger partial charge in [-0.05, 0) is 36.4 Å². The Bertz CT molecular complexity index is 1030. The Hall–Kier alpha value is -3.62. The van der Waals surface area contributed by atoms with Crippen molar-refractivity contribution in [3.8, 4) is 23.0 Å². The Morgan fingerprint density at radius 3 is 1.74 bits per heavy atom. The lowest BCUT2D eigenvalue weighted by Gasteiger charge is -2.10. The van der Waals surface area contributed by atoms with E-state index < -0.39 is 39.6 Å². The number of nitrogens with zero attached hydrogens (tertiary/aromatic N) is 1. The predicted molar refractivity (Wildman–Crippen MR) is 86.0 cm³/mol. The van der Waals surface area contributed by atoms with Crippen molar-refractivity contribution in [2.45, 2.75) is 0 Å². The molecule has 0 fully saturated rings. The van der Waals surface area contributed by atoms with Crippen molar-refractivity contribution < 1.29 is 32.0 Å². The van der Waals surface area contributed by atoms with Crippen molar-refractivity contribution in [2.24, 2.45) is 0 Å². The molecular weight excluding hydrogens is 370 g/mol. The van der Waals surface area contributed by atoms with Gasteiger partial charge in [-0.15, -0.1) is 0 Å². The molecule has 3 rings (SSSR count). The monoisotopic (exact) mass is 379 g/mol. The lowest BCUT2D eigenvalue weighted by atomic mass is 10.2. The summed E-state index contributed by atoms with van der Waals surface area (Å²) in [5.41, 5.74) is -0.598. The van der Waals surface area contributed by atoms with Gasteiger partial charge in [0.15, 0.2) is 23.1 Å². The summed E-state index contributed by atoms with van der Waals surface area (Å²) in [5.74, 6) is -4.90. The molecule has 0 heterocycles. The highest BCUT2D eigenvalue weighted by atomic mass is 19.1. The van der Waals surface area contributed by atoms with Gasteiger partial charge in [-0.3, -0.25) is 10.1 Å². The molecule has 0 saturated carbocycles. The van der Waals surface area contributed by atoms with Crippen molar-refractivity contribution in [3.05, 3.63) is 88.0 Å². The Kier molecular flexibility index (Phi) is 4.93. The molecule has 0 spiro atoms. The van der Waals surface area contributed by atoms with Crippen LogP contribution in [0.3, 0.4) is 0 Å². The van der Waals surface area contributed by atoms with E-state index in [9.17, 15) is 27.7 Å². The molecule has 0 unspecified atom stereocenters. The molecule has 9 heteroatoms. The standard InChI is InChI=1S/C18H9F4NO4/c19-10-1-4-16(13(21)7-10)26-12-3-6-18(15(9-12)23(24)25)27-17-5-2-11(20)8-14(17)22/h1-9H. The van der Waals surface area contributed by atoms with E-state index in [0.717, 1.165) is 36.4 Å². The molecule has 0 aromatic heterocycles. The first kappa shape index (κ1) is 18.2. The zero-order chi connectivity index (χ0) is 19.6. The molecule has 0 saturated heterocycles. The molecule has 0 radical (unpaired) electrons. The molecule has 27 heavy (non-hydrogen) atoms. The van der Waals surface area contributed by atoms with E-state index in [1.807, 2.05) is 0 Å². The van der Waals surface area contributed by atoms with Crippen LogP contribution in [0.5, 0.6) is 23.0 Å². The fourth-order valence-electron chi connectivity index (χ4n) is 2.15. The molecule has 5 nitrogen and oxygen atoms in total. The van der Waals surface area contributed by atoms with E-state index in [-0.39, 0.29) is 17.2 Å². The summed E-state index contributed by atoms with van der Waals surface area (Å²) >= 11 is 0. The number of nitro benzene ring substituents is 1. The summed E-state index contributed by atoms with van der Waals surface area (Å²) in [6.45, 7) is 0. The van der Waals surface area contributed by atoms with Crippen LogP contribution in [-0.2, 0) is 0 Å². The van der Waals surface area contributed by atoms with Gasteiger partial charge < -0.3 is 9.47 Å². The van der Waals surface area contributed by atoms with E-state index in [1.165, 1.54) is 6.07 Å². The van der Waals surface area contributed by atoms with Gasteiger partial charge >= 0.3 is 5.69 Å². The van der Waals surface area contributed by atoms with E-state index in [4.69, 9.17) is 9.47 Å². The summed E-state index contributed by atoms with van der Waals surface area (Å²) in [4.78, 5) is 10.4. The average molecular weight is 379 g/mol. The van der Waals surface area contributed by atoms with E-state index in [1.54, 1.807) is 0 Å². The third-order valence-corrected chi connectivity index (χ3v) is 3.36. The van der Waals surface area contributed by atoms with Crippen molar-refractivity contribution in [3.63, 3.8) is 0 Å². The number of rotatable bonds is 5. The molecule has 3 aromatic rings. The van der Waals surface area contributed by atoms with Gasteiger partial charge in [0, 0.05) is 12.1 Å². The zero-order valence-corrected chi connectivity index (χ0v) is 13.3. The number of ether oxygens (including phenoxy) is 2. The topological polar surface area (TPSA) is 61.6 Å². The summed E-state index contributed by atoms with van der Waals surface area (Å²) in [6.07, 6.45) is 0. The molecule has 0 bridgehead atoms. The number of nitro groups is 1. The fourth-order valence-corrected chi connectivity index (χ4v) is 2.15. The molecule has 0 aliphatic rings. The molecule has 0 amide bonds. The van der Waals surface area contributed by atoms with Crippen molar-refractivity contribution >= 4 is 5.69 Å². The number of hydrogen-bond donors (Lipinski definition) is 0. The SMILES string of the molecule is O=[N+]([O-])c1cc(Oc2ccc(F)cc2F)ccc1Oc1ccc(F)cc1F. The van der Waals surface area contributed by atoms with Gasteiger partial charge in [-0.2, -0.15) is 0 Å². The largest absolute Gasteiger partial charge is 0.454 e. The Morgan fingerprint density at radius 2 is 1.22 bits per heavy atom. The highest BCUT2D eigenvalue weighted by Gasteiger charge is 2.20. The average Bonchev–Trinajstić information content (AvgIpc) is 2.60. The maximum atomic E-state index is 13.7. The third-order valence-electron chi connectivity index (χ3n) is 3.36. The molecular formula is C18H9F4NO4. The second kappa shape index (κ2) is 7.32. The summed E-state index contributed by atoms with van der Waals surface area (Å²) in [6, 6.07) is 8.31. The Labute approximate surface area is 149 Å². The normalized spacial score (nSPS) is 10.5. The molecule has 0 N–H and O–H groups in total. The maximum Gasteiger partial charge on any atom is 0.315 e. The summed E-state index contributed by atoms with van der Waals surface area (Å²) < 4.78 is 63.5. The van der Waals surface area contributed by atoms with Crippen molar-refractivity contribution in [2.75, 3.05) is 0 Å². The second-order valence-electron chi connectivity index (χ2n) is 5.24. The Morgan fingerprint density at radius 1 is 0.704 bits per heavy atom. The highest BCUT2D eigenvalue weighted by Crippen LogP contribution is 2.37. The van der Waals surface area contributed by atoms with Crippen LogP contribution in [-0.4, -0.2) is 4.92 Å². The van der Waals surface area contributed by atoms with Gasteiger partial charge in [0.05, 0.1) is 11.0 Å². The first-order chi connectivity index (χ1) is 12.8. The van der Waals surface area contributed by atoms with Crippen LogP contribution in [0.1, 0.15) is 0 Å². The van der Waals surface area contributed by atoms with Gasteiger partial charge in [0.1, 0.15) is 17.4 Å². The van der Waals surface area contributed by atoms with E-state index >= 15 is 0 Å². The van der Waals surface area contributed by atoms with Crippen molar-refractivity contribution in [1.82, 2.24) is 0 Å². The van der Waals surface area contributed by atoms with Crippen LogP contribution in [0.2, 0.25) is 0 Å².